The Kier molecular flexibility index (Phi) is 2.87. The molecule has 13 heavy (non-hydrogen) atoms. The summed E-state index contributed by atoms with van der Waals surface area (Å²) in [6.07, 6.45) is 0.385. The molecule has 1 atom stereocenters. The van der Waals surface area contributed by atoms with Gasteiger partial charge in [-0.25, -0.2) is 4.79 Å². The van der Waals surface area contributed by atoms with Gasteiger partial charge in [0.25, 0.3) is 0 Å². The van der Waals surface area contributed by atoms with Gasteiger partial charge in [-0.2, -0.15) is 0 Å². The Morgan fingerprint density at radius 3 is 2.38 bits per heavy atom. The van der Waals surface area contributed by atoms with Crippen molar-refractivity contribution in [2.24, 2.45) is 0 Å². The summed E-state index contributed by atoms with van der Waals surface area (Å²) < 4.78 is 0. The van der Waals surface area contributed by atoms with Crippen LogP contribution in [-0.4, -0.2) is 22.2 Å². The fourth-order valence-electron chi connectivity index (χ4n) is 1.00. The van der Waals surface area contributed by atoms with Crippen LogP contribution in [0.1, 0.15) is 5.56 Å². The van der Waals surface area contributed by atoms with Crippen LogP contribution >= 0.6 is 0 Å². The van der Waals surface area contributed by atoms with Crippen molar-refractivity contribution in [3.63, 3.8) is 0 Å². The molecule has 1 rings (SSSR count). The standard InChI is InChI=1S/C9H11NO3/c10-8(9(12)13)5-6-1-3-7(11)4-2-6/h1-4,8,11H,5,10H2,(H,12,13)/p+1/t8-/m1/s1. The quantitative estimate of drug-likeness (QED) is 0.596. The van der Waals surface area contributed by atoms with Crippen LogP contribution < -0.4 is 5.73 Å². The normalized spacial score (nSPS) is 12.4. The number of benzene rings is 1. The monoisotopic (exact) mass is 182 g/mol. The zero-order valence-corrected chi connectivity index (χ0v) is 7.10. The van der Waals surface area contributed by atoms with Crippen LogP contribution in [0, 0.1) is 0 Å². The Morgan fingerprint density at radius 1 is 1.38 bits per heavy atom. The molecular weight excluding hydrogens is 170 g/mol. The van der Waals surface area contributed by atoms with Crippen LogP contribution in [-0.2, 0) is 11.2 Å². The van der Waals surface area contributed by atoms with E-state index in [0.29, 0.717) is 6.42 Å². The molecule has 0 fully saturated rings. The number of rotatable bonds is 3. The number of aromatic hydroxyl groups is 1. The van der Waals surface area contributed by atoms with Gasteiger partial charge in [-0.15, -0.1) is 0 Å². The average molecular weight is 182 g/mol. The average Bonchev–Trinajstić information content (AvgIpc) is 2.08. The number of hydrogen-bond donors (Lipinski definition) is 3. The van der Waals surface area contributed by atoms with E-state index >= 15 is 0 Å². The number of hydrogen-bond acceptors (Lipinski definition) is 2. The molecule has 0 bridgehead atoms. The summed E-state index contributed by atoms with van der Waals surface area (Å²) in [5.41, 5.74) is 4.35. The van der Waals surface area contributed by atoms with Gasteiger partial charge in [0.05, 0.1) is 0 Å². The Hall–Kier alpha value is -1.55. The van der Waals surface area contributed by atoms with Gasteiger partial charge in [0.2, 0.25) is 0 Å². The maximum absolute atomic E-state index is 10.5. The predicted octanol–water partition coefficient (Wildman–Crippen LogP) is -0.370. The molecule has 0 amide bonds. The minimum Gasteiger partial charge on any atom is -0.508 e. The third-order valence-electron chi connectivity index (χ3n) is 1.77. The Morgan fingerprint density at radius 2 is 1.92 bits per heavy atom. The lowest BCUT2D eigenvalue weighted by Crippen LogP contribution is -2.65. The number of carboxylic acids is 1. The lowest BCUT2D eigenvalue weighted by Gasteiger charge is -2.02. The van der Waals surface area contributed by atoms with E-state index in [1.165, 1.54) is 12.1 Å². The fourth-order valence-corrected chi connectivity index (χ4v) is 1.00. The van der Waals surface area contributed by atoms with Crippen LogP contribution in [0.15, 0.2) is 24.3 Å². The minimum absolute atomic E-state index is 0.180. The molecule has 0 radical (unpaired) electrons. The molecule has 1 aromatic rings. The molecule has 1 aromatic carbocycles. The summed E-state index contributed by atoms with van der Waals surface area (Å²) in [6.45, 7) is 0. The van der Waals surface area contributed by atoms with Crippen LogP contribution in [0.5, 0.6) is 5.75 Å². The number of phenols is 1. The Labute approximate surface area is 75.6 Å². The molecule has 0 heterocycles. The summed E-state index contributed by atoms with van der Waals surface area (Å²) in [5, 5.41) is 17.6. The van der Waals surface area contributed by atoms with E-state index in [4.69, 9.17) is 10.2 Å². The van der Waals surface area contributed by atoms with E-state index in [1.807, 2.05) is 0 Å². The topological polar surface area (TPSA) is 85.2 Å². The molecule has 70 valence electrons. The molecular formula is C9H12NO3+. The predicted molar refractivity (Wildman–Crippen MR) is 46.1 cm³/mol. The van der Waals surface area contributed by atoms with Crippen molar-refractivity contribution in [2.75, 3.05) is 0 Å². The highest BCUT2D eigenvalue weighted by atomic mass is 16.4. The zero-order chi connectivity index (χ0) is 9.84. The molecule has 0 aliphatic heterocycles. The third kappa shape index (κ3) is 2.76. The first-order chi connectivity index (χ1) is 6.09. The maximum atomic E-state index is 10.5. The van der Waals surface area contributed by atoms with Crippen molar-refractivity contribution < 1.29 is 20.7 Å². The first-order valence-corrected chi connectivity index (χ1v) is 3.93. The van der Waals surface area contributed by atoms with Crippen molar-refractivity contribution in [3.8, 4) is 5.75 Å². The number of carbonyl (C=O) groups is 1. The zero-order valence-electron chi connectivity index (χ0n) is 7.10. The van der Waals surface area contributed by atoms with Crippen molar-refractivity contribution in [1.82, 2.24) is 0 Å². The van der Waals surface area contributed by atoms with Crippen LogP contribution in [0.2, 0.25) is 0 Å². The summed E-state index contributed by atoms with van der Waals surface area (Å²) in [5.74, 6) is -0.729. The number of carboxylic acid groups (broad SMARTS) is 1. The molecule has 0 saturated carbocycles. The third-order valence-corrected chi connectivity index (χ3v) is 1.77. The second-order valence-corrected chi connectivity index (χ2v) is 2.91. The molecule has 0 spiro atoms. The van der Waals surface area contributed by atoms with Gasteiger partial charge in [-0.1, -0.05) is 12.1 Å². The second-order valence-electron chi connectivity index (χ2n) is 2.91. The summed E-state index contributed by atoms with van der Waals surface area (Å²) in [4.78, 5) is 10.5. The molecule has 0 aliphatic rings. The van der Waals surface area contributed by atoms with Crippen LogP contribution in [0.25, 0.3) is 0 Å². The van der Waals surface area contributed by atoms with Gasteiger partial charge < -0.3 is 15.9 Å². The highest BCUT2D eigenvalue weighted by Gasteiger charge is 2.15. The first-order valence-electron chi connectivity index (χ1n) is 3.93. The summed E-state index contributed by atoms with van der Waals surface area (Å²) in [6, 6.07) is 5.81. The molecule has 4 nitrogen and oxygen atoms in total. The van der Waals surface area contributed by atoms with Gasteiger partial charge in [-0.05, 0) is 17.7 Å². The van der Waals surface area contributed by atoms with Gasteiger partial charge in [0, 0.05) is 6.42 Å². The van der Waals surface area contributed by atoms with Gasteiger partial charge in [-0.3, -0.25) is 0 Å². The van der Waals surface area contributed by atoms with E-state index in [-0.39, 0.29) is 5.75 Å². The van der Waals surface area contributed by atoms with E-state index in [0.717, 1.165) is 5.56 Å². The number of aliphatic carboxylic acids is 1. The van der Waals surface area contributed by atoms with Crippen molar-refractivity contribution in [1.29, 1.82) is 0 Å². The number of phenolic OH excluding ortho intramolecular Hbond substituents is 1. The molecule has 0 aromatic heterocycles. The Balaban J connectivity index is 2.64. The van der Waals surface area contributed by atoms with Crippen molar-refractivity contribution >= 4 is 5.97 Å². The second kappa shape index (κ2) is 3.91. The lowest BCUT2D eigenvalue weighted by molar-refractivity contribution is -0.407. The first kappa shape index (κ1) is 9.54. The minimum atomic E-state index is -0.909. The lowest BCUT2D eigenvalue weighted by atomic mass is 10.1. The molecule has 0 aliphatic carbocycles. The van der Waals surface area contributed by atoms with Gasteiger partial charge >= 0.3 is 5.97 Å². The Bertz CT molecular complexity index is 294. The smallest absolute Gasteiger partial charge is 0.362 e. The van der Waals surface area contributed by atoms with Crippen molar-refractivity contribution in [3.05, 3.63) is 29.8 Å². The van der Waals surface area contributed by atoms with Crippen LogP contribution in [0.3, 0.4) is 0 Å². The summed E-state index contributed by atoms with van der Waals surface area (Å²) >= 11 is 0. The van der Waals surface area contributed by atoms with Gasteiger partial charge in [0.1, 0.15) is 5.75 Å². The molecule has 0 saturated heterocycles. The van der Waals surface area contributed by atoms with E-state index < -0.39 is 12.0 Å². The van der Waals surface area contributed by atoms with Crippen LogP contribution in [0.4, 0.5) is 0 Å². The van der Waals surface area contributed by atoms with Gasteiger partial charge in [0.15, 0.2) is 6.04 Å². The SMILES string of the molecule is [NH3+][C@H](Cc1ccc(O)cc1)C(=O)O. The van der Waals surface area contributed by atoms with Crippen molar-refractivity contribution in [2.45, 2.75) is 12.5 Å². The highest BCUT2D eigenvalue weighted by molar-refractivity contribution is 5.71. The summed E-state index contributed by atoms with van der Waals surface area (Å²) in [7, 11) is 0. The molecule has 4 heteroatoms. The molecule has 0 unspecified atom stereocenters. The highest BCUT2D eigenvalue weighted by Crippen LogP contribution is 2.10. The van der Waals surface area contributed by atoms with E-state index in [9.17, 15) is 4.79 Å². The number of quaternary nitrogens is 1. The fraction of sp³-hybridized carbons (Fsp3) is 0.222. The maximum Gasteiger partial charge on any atom is 0.362 e. The van der Waals surface area contributed by atoms with E-state index in [1.54, 1.807) is 12.1 Å². The molecule has 5 N–H and O–H groups in total. The van der Waals surface area contributed by atoms with E-state index in [2.05, 4.69) is 5.73 Å². The largest absolute Gasteiger partial charge is 0.508 e.